The molecule has 2 aromatic rings. The van der Waals surface area contributed by atoms with Gasteiger partial charge in [0.05, 0.1) is 5.69 Å². The molecule has 0 aliphatic heterocycles. The van der Waals surface area contributed by atoms with E-state index in [0.717, 1.165) is 11.4 Å². The molecule has 2 rings (SSSR count). The second-order valence-corrected chi connectivity index (χ2v) is 5.81. The summed E-state index contributed by atoms with van der Waals surface area (Å²) in [5.74, 6) is 1.08. The summed E-state index contributed by atoms with van der Waals surface area (Å²) in [7, 11) is 0. The first-order chi connectivity index (χ1) is 9.06. The Labute approximate surface area is 117 Å². The van der Waals surface area contributed by atoms with Gasteiger partial charge in [0.2, 0.25) is 0 Å². The zero-order valence-corrected chi connectivity index (χ0v) is 12.3. The summed E-state index contributed by atoms with van der Waals surface area (Å²) in [6.45, 7) is 6.17. The molecule has 1 aromatic carbocycles. The highest BCUT2D eigenvalue weighted by Gasteiger charge is 2.06. The Bertz CT molecular complexity index is 620. The van der Waals surface area contributed by atoms with Gasteiger partial charge in [-0.15, -0.1) is 0 Å². The zero-order valence-electron chi connectivity index (χ0n) is 11.4. The number of hydrogen-bond acceptors (Lipinski definition) is 3. The lowest BCUT2D eigenvalue weighted by molar-refractivity contribution is 0.769. The van der Waals surface area contributed by atoms with Gasteiger partial charge in [0, 0.05) is 11.8 Å². The lowest BCUT2D eigenvalue weighted by Crippen LogP contribution is -2.10. The molecule has 0 radical (unpaired) electrons. The minimum atomic E-state index is -0.0778. The van der Waals surface area contributed by atoms with Crippen LogP contribution in [0.5, 0.6) is 0 Å². The van der Waals surface area contributed by atoms with E-state index in [-0.39, 0.29) is 11.5 Å². The van der Waals surface area contributed by atoms with Gasteiger partial charge in [-0.3, -0.25) is 4.79 Å². The van der Waals surface area contributed by atoms with Crippen LogP contribution in [-0.4, -0.2) is 9.97 Å². The number of thioether (sulfide) groups is 1. The van der Waals surface area contributed by atoms with Gasteiger partial charge < -0.3 is 4.98 Å². The molecule has 0 saturated carbocycles. The summed E-state index contributed by atoms with van der Waals surface area (Å²) in [5.41, 5.74) is 3.30. The van der Waals surface area contributed by atoms with Crippen molar-refractivity contribution in [2.75, 3.05) is 0 Å². The molecule has 0 amide bonds. The number of hydrogen-bond donors (Lipinski definition) is 1. The van der Waals surface area contributed by atoms with Crippen LogP contribution in [0.25, 0.3) is 0 Å². The normalized spacial score (nSPS) is 10.9. The smallest absolute Gasteiger partial charge is 0.251 e. The van der Waals surface area contributed by atoms with Crippen molar-refractivity contribution >= 4 is 11.8 Å². The molecule has 0 bridgehead atoms. The van der Waals surface area contributed by atoms with Crippen LogP contribution in [0, 0.1) is 6.92 Å². The highest BCUT2D eigenvalue weighted by Crippen LogP contribution is 2.21. The number of rotatable bonds is 4. The molecule has 1 N–H and O–H groups in total. The molecule has 19 heavy (non-hydrogen) atoms. The average Bonchev–Trinajstić information content (AvgIpc) is 2.37. The third-order valence-corrected chi connectivity index (χ3v) is 3.88. The number of aromatic amines is 1. The Hall–Kier alpha value is -1.55. The van der Waals surface area contributed by atoms with Crippen molar-refractivity contribution < 1.29 is 0 Å². The highest BCUT2D eigenvalue weighted by atomic mass is 32.2. The average molecular weight is 274 g/mol. The summed E-state index contributed by atoms with van der Waals surface area (Å²) >= 11 is 1.57. The van der Waals surface area contributed by atoms with Crippen LogP contribution in [0.2, 0.25) is 0 Å². The Morgan fingerprint density at radius 1 is 1.32 bits per heavy atom. The maximum atomic E-state index is 11.6. The van der Waals surface area contributed by atoms with Gasteiger partial charge in [-0.1, -0.05) is 49.9 Å². The van der Waals surface area contributed by atoms with Gasteiger partial charge in [-0.05, 0) is 24.0 Å². The summed E-state index contributed by atoms with van der Waals surface area (Å²) in [6.07, 6.45) is 0. The van der Waals surface area contributed by atoms with Crippen LogP contribution in [-0.2, 0) is 5.75 Å². The second kappa shape index (κ2) is 6.06. The molecular formula is C15H18N2OS. The molecule has 0 saturated heterocycles. The molecule has 1 heterocycles. The van der Waals surface area contributed by atoms with Crippen molar-refractivity contribution in [3.63, 3.8) is 0 Å². The van der Waals surface area contributed by atoms with Crippen LogP contribution in [0.3, 0.4) is 0 Å². The number of nitrogens with one attached hydrogen (secondary N) is 1. The largest absolute Gasteiger partial charge is 0.301 e. The van der Waals surface area contributed by atoms with Crippen LogP contribution < -0.4 is 5.56 Å². The van der Waals surface area contributed by atoms with E-state index < -0.39 is 0 Å². The van der Waals surface area contributed by atoms with Crippen LogP contribution in [0.15, 0.2) is 40.3 Å². The van der Waals surface area contributed by atoms with E-state index in [1.807, 2.05) is 26.0 Å². The predicted octanol–water partition coefficient (Wildman–Crippen LogP) is 3.49. The van der Waals surface area contributed by atoms with Crippen molar-refractivity contribution in [3.05, 3.63) is 57.5 Å². The van der Waals surface area contributed by atoms with Gasteiger partial charge in [-0.2, -0.15) is 0 Å². The van der Waals surface area contributed by atoms with Gasteiger partial charge in [0.1, 0.15) is 0 Å². The molecular weight excluding hydrogens is 256 g/mol. The van der Waals surface area contributed by atoms with Crippen LogP contribution in [0.1, 0.15) is 36.6 Å². The minimum absolute atomic E-state index is 0.0778. The molecule has 0 spiro atoms. The fourth-order valence-electron chi connectivity index (χ4n) is 1.74. The maximum Gasteiger partial charge on any atom is 0.251 e. The molecule has 0 aliphatic rings. The van der Waals surface area contributed by atoms with E-state index in [0.29, 0.717) is 5.16 Å². The Balaban J connectivity index is 2.16. The van der Waals surface area contributed by atoms with Crippen molar-refractivity contribution in [2.24, 2.45) is 0 Å². The summed E-state index contributed by atoms with van der Waals surface area (Å²) in [6, 6.07) is 9.83. The number of aryl methyl sites for hydroxylation is 1. The second-order valence-electron chi connectivity index (χ2n) is 4.85. The Morgan fingerprint density at radius 2 is 2.05 bits per heavy atom. The molecule has 0 unspecified atom stereocenters. The quantitative estimate of drug-likeness (QED) is 0.685. The van der Waals surface area contributed by atoms with Gasteiger partial charge in [0.25, 0.3) is 5.56 Å². The minimum Gasteiger partial charge on any atom is -0.301 e. The van der Waals surface area contributed by atoms with Gasteiger partial charge in [0.15, 0.2) is 5.16 Å². The lowest BCUT2D eigenvalue weighted by Gasteiger charge is -2.07. The molecule has 100 valence electrons. The molecule has 1 aromatic heterocycles. The highest BCUT2D eigenvalue weighted by molar-refractivity contribution is 7.98. The zero-order chi connectivity index (χ0) is 13.8. The number of nitrogens with zero attached hydrogens (tertiary/aromatic N) is 1. The molecule has 3 nitrogen and oxygen atoms in total. The Morgan fingerprint density at radius 3 is 2.74 bits per heavy atom. The topological polar surface area (TPSA) is 45.8 Å². The number of H-pyrrole nitrogens is 1. The third kappa shape index (κ3) is 3.70. The first-order valence-electron chi connectivity index (χ1n) is 6.35. The van der Waals surface area contributed by atoms with Gasteiger partial charge in [-0.25, -0.2) is 4.98 Å². The molecule has 0 fully saturated rings. The summed E-state index contributed by atoms with van der Waals surface area (Å²) in [5, 5.41) is 0.694. The lowest BCUT2D eigenvalue weighted by atomic mass is 10.1. The monoisotopic (exact) mass is 274 g/mol. The molecule has 0 atom stereocenters. The van der Waals surface area contributed by atoms with E-state index in [9.17, 15) is 4.79 Å². The fraction of sp³-hybridized carbons (Fsp3) is 0.333. The van der Waals surface area contributed by atoms with Gasteiger partial charge >= 0.3 is 0 Å². The van der Waals surface area contributed by atoms with E-state index >= 15 is 0 Å². The van der Waals surface area contributed by atoms with Crippen molar-refractivity contribution in [2.45, 2.75) is 37.6 Å². The van der Waals surface area contributed by atoms with Crippen molar-refractivity contribution in [1.82, 2.24) is 9.97 Å². The van der Waals surface area contributed by atoms with Crippen LogP contribution >= 0.6 is 11.8 Å². The number of aromatic nitrogens is 2. The van der Waals surface area contributed by atoms with E-state index in [1.165, 1.54) is 11.1 Å². The fourth-order valence-corrected chi connectivity index (χ4v) is 2.69. The summed E-state index contributed by atoms with van der Waals surface area (Å²) < 4.78 is 0. The SMILES string of the molecule is Cc1ccccc1CSc1nc(C(C)C)cc(=O)[nH]1. The van der Waals surface area contributed by atoms with Crippen molar-refractivity contribution in [3.8, 4) is 0 Å². The third-order valence-electron chi connectivity index (χ3n) is 2.96. The maximum absolute atomic E-state index is 11.6. The van der Waals surface area contributed by atoms with E-state index in [1.54, 1.807) is 17.8 Å². The first-order valence-corrected chi connectivity index (χ1v) is 7.33. The first kappa shape index (κ1) is 13.9. The summed E-state index contributed by atoms with van der Waals surface area (Å²) in [4.78, 5) is 18.9. The van der Waals surface area contributed by atoms with E-state index in [4.69, 9.17) is 0 Å². The molecule has 4 heteroatoms. The number of benzene rings is 1. The molecule has 0 aliphatic carbocycles. The van der Waals surface area contributed by atoms with Crippen LogP contribution in [0.4, 0.5) is 0 Å². The Kier molecular flexibility index (Phi) is 4.43. The standard InChI is InChI=1S/C15H18N2OS/c1-10(2)13-8-14(18)17-15(16-13)19-9-12-7-5-4-6-11(12)3/h4-8,10H,9H2,1-3H3,(H,16,17,18). The van der Waals surface area contributed by atoms with Crippen molar-refractivity contribution in [1.29, 1.82) is 0 Å². The van der Waals surface area contributed by atoms with E-state index in [2.05, 4.69) is 29.0 Å². The predicted molar refractivity (Wildman–Crippen MR) is 79.7 cm³/mol.